The standard InChI is InChI=1S/C22H30N2O4S/c1-3-15-29(25,26)24-13-11-23(12-14-24)17-20-9-10-21(27-2)22(16-20)28-18-19-7-5-4-6-8-19/h4-10,16H,3,11-15,17-18H2,1-2H3. The summed E-state index contributed by atoms with van der Waals surface area (Å²) in [7, 11) is -1.47. The number of sulfonamides is 1. The zero-order valence-electron chi connectivity index (χ0n) is 17.2. The van der Waals surface area contributed by atoms with Crippen LogP contribution in [-0.4, -0.2) is 56.7 Å². The van der Waals surface area contributed by atoms with Crippen LogP contribution in [-0.2, 0) is 23.2 Å². The summed E-state index contributed by atoms with van der Waals surface area (Å²) >= 11 is 0. The van der Waals surface area contributed by atoms with Crippen LogP contribution in [0.5, 0.6) is 11.5 Å². The van der Waals surface area contributed by atoms with Crippen LogP contribution in [0, 0.1) is 0 Å². The van der Waals surface area contributed by atoms with Crippen molar-refractivity contribution in [2.75, 3.05) is 39.0 Å². The first-order valence-electron chi connectivity index (χ1n) is 10.1. The number of piperazine rings is 1. The Morgan fingerprint density at radius 3 is 2.31 bits per heavy atom. The zero-order valence-corrected chi connectivity index (χ0v) is 18.0. The van der Waals surface area contributed by atoms with E-state index in [0.29, 0.717) is 31.9 Å². The SMILES string of the molecule is CCCS(=O)(=O)N1CCN(Cc2ccc(OC)c(OCc3ccccc3)c2)CC1. The molecule has 0 bridgehead atoms. The summed E-state index contributed by atoms with van der Waals surface area (Å²) in [6.45, 7) is 5.70. The molecule has 0 aromatic heterocycles. The summed E-state index contributed by atoms with van der Waals surface area (Å²) in [5.74, 6) is 1.66. The van der Waals surface area contributed by atoms with Gasteiger partial charge in [-0.1, -0.05) is 43.3 Å². The van der Waals surface area contributed by atoms with Crippen LogP contribution in [0.1, 0.15) is 24.5 Å². The summed E-state index contributed by atoms with van der Waals surface area (Å²) in [5, 5.41) is 0. The van der Waals surface area contributed by atoms with E-state index in [1.54, 1.807) is 11.4 Å². The van der Waals surface area contributed by atoms with E-state index in [1.807, 2.05) is 55.5 Å². The maximum Gasteiger partial charge on any atom is 0.214 e. The molecule has 1 fully saturated rings. The molecule has 0 atom stereocenters. The van der Waals surface area contributed by atoms with E-state index in [1.165, 1.54) is 0 Å². The first-order chi connectivity index (χ1) is 14.0. The van der Waals surface area contributed by atoms with E-state index < -0.39 is 10.0 Å². The predicted octanol–water partition coefficient (Wildman–Crippen LogP) is 3.13. The molecule has 0 N–H and O–H groups in total. The van der Waals surface area contributed by atoms with Gasteiger partial charge in [-0.3, -0.25) is 4.90 Å². The number of hydrogen-bond acceptors (Lipinski definition) is 5. The van der Waals surface area contributed by atoms with Crippen molar-refractivity contribution < 1.29 is 17.9 Å². The number of rotatable bonds is 9. The second-order valence-electron chi connectivity index (χ2n) is 7.25. The van der Waals surface area contributed by atoms with Gasteiger partial charge >= 0.3 is 0 Å². The van der Waals surface area contributed by atoms with Crippen LogP contribution in [0.15, 0.2) is 48.5 Å². The van der Waals surface area contributed by atoms with E-state index >= 15 is 0 Å². The summed E-state index contributed by atoms with van der Waals surface area (Å²) in [6.07, 6.45) is 0.653. The molecular weight excluding hydrogens is 388 g/mol. The van der Waals surface area contributed by atoms with E-state index in [4.69, 9.17) is 9.47 Å². The molecule has 2 aromatic rings. The summed E-state index contributed by atoms with van der Waals surface area (Å²) in [6, 6.07) is 16.0. The smallest absolute Gasteiger partial charge is 0.214 e. The Bertz CT molecular complexity index is 879. The van der Waals surface area contributed by atoms with E-state index in [0.717, 1.165) is 36.5 Å². The number of benzene rings is 2. The lowest BCUT2D eigenvalue weighted by Gasteiger charge is -2.34. The van der Waals surface area contributed by atoms with E-state index in [2.05, 4.69) is 4.90 Å². The van der Waals surface area contributed by atoms with Crippen LogP contribution >= 0.6 is 0 Å². The van der Waals surface area contributed by atoms with Gasteiger partial charge in [0.2, 0.25) is 10.0 Å². The fourth-order valence-electron chi connectivity index (χ4n) is 3.48. The van der Waals surface area contributed by atoms with Gasteiger partial charge in [0.15, 0.2) is 11.5 Å². The van der Waals surface area contributed by atoms with Gasteiger partial charge in [0.05, 0.1) is 12.9 Å². The molecule has 0 aliphatic carbocycles. The van der Waals surface area contributed by atoms with E-state index in [-0.39, 0.29) is 5.75 Å². The molecule has 0 unspecified atom stereocenters. The molecule has 3 rings (SSSR count). The van der Waals surface area contributed by atoms with Crippen LogP contribution < -0.4 is 9.47 Å². The minimum atomic E-state index is -3.11. The number of ether oxygens (including phenoxy) is 2. The molecule has 0 saturated carbocycles. The van der Waals surface area contributed by atoms with Crippen LogP contribution in [0.4, 0.5) is 0 Å². The Kier molecular flexibility index (Phi) is 7.52. The molecule has 2 aromatic carbocycles. The van der Waals surface area contributed by atoms with Crippen molar-refractivity contribution in [3.63, 3.8) is 0 Å². The maximum absolute atomic E-state index is 12.2. The lowest BCUT2D eigenvalue weighted by molar-refractivity contribution is 0.181. The fourth-order valence-corrected chi connectivity index (χ4v) is 4.97. The maximum atomic E-state index is 12.2. The van der Waals surface area contributed by atoms with E-state index in [9.17, 15) is 8.42 Å². The molecule has 1 saturated heterocycles. The molecule has 29 heavy (non-hydrogen) atoms. The molecule has 158 valence electrons. The Hall–Kier alpha value is -2.09. The van der Waals surface area contributed by atoms with Crippen LogP contribution in [0.2, 0.25) is 0 Å². The van der Waals surface area contributed by atoms with Crippen molar-refractivity contribution in [1.29, 1.82) is 0 Å². The van der Waals surface area contributed by atoms with Crippen molar-refractivity contribution in [2.45, 2.75) is 26.5 Å². The molecule has 0 amide bonds. The highest BCUT2D eigenvalue weighted by Gasteiger charge is 2.26. The summed E-state index contributed by atoms with van der Waals surface area (Å²) < 4.78 is 37.5. The lowest BCUT2D eigenvalue weighted by Crippen LogP contribution is -2.48. The van der Waals surface area contributed by atoms with Crippen molar-refractivity contribution in [3.05, 3.63) is 59.7 Å². The number of methoxy groups -OCH3 is 1. The van der Waals surface area contributed by atoms with Gasteiger partial charge in [0.25, 0.3) is 0 Å². The molecular formula is C22H30N2O4S. The number of hydrogen-bond donors (Lipinski definition) is 0. The highest BCUT2D eigenvalue weighted by Crippen LogP contribution is 2.29. The molecule has 1 aliphatic rings. The summed E-state index contributed by atoms with van der Waals surface area (Å²) in [5.41, 5.74) is 2.23. The molecule has 7 heteroatoms. The average molecular weight is 419 g/mol. The Balaban J connectivity index is 1.60. The zero-order chi connectivity index (χ0) is 20.7. The van der Waals surface area contributed by atoms with Crippen molar-refractivity contribution >= 4 is 10.0 Å². The first kappa shape index (κ1) is 21.6. The molecule has 0 spiro atoms. The minimum Gasteiger partial charge on any atom is -0.493 e. The third-order valence-corrected chi connectivity index (χ3v) is 7.13. The van der Waals surface area contributed by atoms with Gasteiger partial charge in [-0.05, 0) is 29.7 Å². The van der Waals surface area contributed by atoms with Crippen molar-refractivity contribution in [3.8, 4) is 11.5 Å². The monoisotopic (exact) mass is 418 g/mol. The second kappa shape index (κ2) is 10.1. The van der Waals surface area contributed by atoms with Crippen molar-refractivity contribution in [2.24, 2.45) is 0 Å². The Morgan fingerprint density at radius 2 is 1.66 bits per heavy atom. The molecule has 1 heterocycles. The highest BCUT2D eigenvalue weighted by molar-refractivity contribution is 7.89. The third-order valence-electron chi connectivity index (χ3n) is 5.06. The van der Waals surface area contributed by atoms with Gasteiger partial charge < -0.3 is 9.47 Å². The Morgan fingerprint density at radius 1 is 0.931 bits per heavy atom. The number of nitrogens with zero attached hydrogens (tertiary/aromatic N) is 2. The van der Waals surface area contributed by atoms with Crippen molar-refractivity contribution in [1.82, 2.24) is 9.21 Å². The largest absolute Gasteiger partial charge is 0.493 e. The van der Waals surface area contributed by atoms with Crippen LogP contribution in [0.3, 0.4) is 0 Å². The molecule has 0 radical (unpaired) electrons. The molecule has 1 aliphatic heterocycles. The van der Waals surface area contributed by atoms with Gasteiger partial charge in [-0.15, -0.1) is 0 Å². The lowest BCUT2D eigenvalue weighted by atomic mass is 10.1. The van der Waals surface area contributed by atoms with Gasteiger partial charge in [0, 0.05) is 32.7 Å². The predicted molar refractivity (Wildman–Crippen MR) is 115 cm³/mol. The fraction of sp³-hybridized carbons (Fsp3) is 0.455. The van der Waals surface area contributed by atoms with Gasteiger partial charge in [0.1, 0.15) is 6.61 Å². The molecule has 6 nitrogen and oxygen atoms in total. The highest BCUT2D eigenvalue weighted by atomic mass is 32.2. The topological polar surface area (TPSA) is 59.1 Å². The van der Waals surface area contributed by atoms with Crippen LogP contribution in [0.25, 0.3) is 0 Å². The van der Waals surface area contributed by atoms with Gasteiger partial charge in [-0.25, -0.2) is 8.42 Å². The quantitative estimate of drug-likeness (QED) is 0.626. The normalized spacial score (nSPS) is 15.9. The second-order valence-corrected chi connectivity index (χ2v) is 9.34. The first-order valence-corrected chi connectivity index (χ1v) is 11.7. The Labute approximate surface area is 174 Å². The average Bonchev–Trinajstić information content (AvgIpc) is 2.73. The minimum absolute atomic E-state index is 0.230. The third kappa shape index (κ3) is 5.95. The summed E-state index contributed by atoms with van der Waals surface area (Å²) in [4.78, 5) is 2.28. The van der Waals surface area contributed by atoms with Gasteiger partial charge in [-0.2, -0.15) is 4.31 Å².